The third-order valence-electron chi connectivity index (χ3n) is 7.65. The van der Waals surface area contributed by atoms with Crippen molar-refractivity contribution in [2.75, 3.05) is 13.1 Å². The highest BCUT2D eigenvalue weighted by Crippen LogP contribution is 2.35. The molecule has 0 bridgehead atoms. The minimum atomic E-state index is 0.159. The summed E-state index contributed by atoms with van der Waals surface area (Å²) in [5.74, 6) is 1.02. The molecule has 1 saturated heterocycles. The van der Waals surface area contributed by atoms with Crippen molar-refractivity contribution in [3.05, 3.63) is 28.7 Å². The lowest BCUT2D eigenvalue weighted by molar-refractivity contribution is -0.121. The maximum absolute atomic E-state index is 12.2. The summed E-state index contributed by atoms with van der Waals surface area (Å²) in [4.78, 5) is 19.7. The number of hydrogen-bond acceptors (Lipinski definition) is 4. The van der Waals surface area contributed by atoms with Crippen LogP contribution in [0.2, 0.25) is 0 Å². The minimum absolute atomic E-state index is 0.159. The number of nitrogens with zero attached hydrogens (tertiary/aromatic N) is 4. The molecule has 2 aromatic rings. The second-order valence-electron chi connectivity index (χ2n) is 10.1. The number of carbonyl (C=O) groups is 1. The van der Waals surface area contributed by atoms with Gasteiger partial charge in [0.25, 0.3) is 0 Å². The Morgan fingerprint density at radius 1 is 1.10 bits per heavy atom. The van der Waals surface area contributed by atoms with Crippen LogP contribution in [0.1, 0.15) is 92.9 Å². The minimum Gasteiger partial charge on any atom is -0.353 e. The molecule has 2 aliphatic carbocycles. The van der Waals surface area contributed by atoms with Crippen LogP contribution in [0.25, 0.3) is 5.65 Å². The van der Waals surface area contributed by atoms with E-state index in [1.165, 1.54) is 69.3 Å². The smallest absolute Gasteiger partial charge is 0.220 e. The first-order valence-corrected chi connectivity index (χ1v) is 12.5. The zero-order chi connectivity index (χ0) is 21.4. The van der Waals surface area contributed by atoms with E-state index < -0.39 is 0 Å². The second-order valence-corrected chi connectivity index (χ2v) is 10.1. The van der Waals surface area contributed by atoms with Gasteiger partial charge in [0.05, 0.1) is 11.7 Å². The van der Waals surface area contributed by atoms with E-state index in [4.69, 9.17) is 10.1 Å². The molecule has 1 atom stereocenters. The fourth-order valence-corrected chi connectivity index (χ4v) is 5.72. The molecule has 5 rings (SSSR count). The Balaban J connectivity index is 1.32. The number of fused-ring (bicyclic) bond motifs is 1. The fraction of sp³-hybridized carbons (Fsp3) is 0.720. The maximum Gasteiger partial charge on any atom is 0.220 e. The molecule has 3 aliphatic rings. The Kier molecular flexibility index (Phi) is 6.00. The van der Waals surface area contributed by atoms with Gasteiger partial charge in [-0.05, 0) is 76.8 Å². The molecule has 0 unspecified atom stereocenters. The Morgan fingerprint density at radius 3 is 2.68 bits per heavy atom. The number of amides is 1. The van der Waals surface area contributed by atoms with Crippen LogP contribution in [0.4, 0.5) is 0 Å². The van der Waals surface area contributed by atoms with Crippen LogP contribution in [0, 0.1) is 19.8 Å². The highest BCUT2D eigenvalue weighted by atomic mass is 16.1. The van der Waals surface area contributed by atoms with Gasteiger partial charge in [-0.1, -0.05) is 19.3 Å². The second kappa shape index (κ2) is 8.89. The monoisotopic (exact) mass is 423 g/mol. The van der Waals surface area contributed by atoms with Gasteiger partial charge < -0.3 is 5.32 Å². The predicted molar refractivity (Wildman–Crippen MR) is 122 cm³/mol. The summed E-state index contributed by atoms with van der Waals surface area (Å²) in [6, 6.07) is 3.05. The average Bonchev–Trinajstić information content (AvgIpc) is 3.28. The summed E-state index contributed by atoms with van der Waals surface area (Å²) >= 11 is 0. The van der Waals surface area contributed by atoms with E-state index in [2.05, 4.69) is 30.1 Å². The lowest BCUT2D eigenvalue weighted by Gasteiger charge is -2.30. The van der Waals surface area contributed by atoms with Gasteiger partial charge in [-0.25, -0.2) is 9.50 Å². The summed E-state index contributed by atoms with van der Waals surface area (Å²) in [5.41, 5.74) is 5.44. The van der Waals surface area contributed by atoms with Crippen LogP contribution >= 0.6 is 0 Å². The van der Waals surface area contributed by atoms with E-state index >= 15 is 0 Å². The van der Waals surface area contributed by atoms with Crippen LogP contribution in [0.3, 0.4) is 0 Å². The molecule has 168 valence electrons. The van der Waals surface area contributed by atoms with Crippen molar-refractivity contribution < 1.29 is 4.79 Å². The van der Waals surface area contributed by atoms with E-state index in [0.717, 1.165) is 42.2 Å². The van der Waals surface area contributed by atoms with Crippen LogP contribution in [0.5, 0.6) is 0 Å². The molecule has 3 heterocycles. The fourth-order valence-electron chi connectivity index (χ4n) is 5.72. The zero-order valence-electron chi connectivity index (χ0n) is 19.2. The molecule has 2 saturated carbocycles. The summed E-state index contributed by atoms with van der Waals surface area (Å²) in [6.45, 7) is 6.62. The lowest BCUT2D eigenvalue weighted by Crippen LogP contribution is -2.30. The van der Waals surface area contributed by atoms with Gasteiger partial charge in [-0.15, -0.1) is 0 Å². The van der Waals surface area contributed by atoms with Crippen molar-refractivity contribution >= 4 is 11.6 Å². The number of aryl methyl sites for hydroxylation is 2. The molecule has 31 heavy (non-hydrogen) atoms. The van der Waals surface area contributed by atoms with Gasteiger partial charge in [0.2, 0.25) is 5.91 Å². The SMILES string of the molecule is Cc1nc2cc([C@@H]3CCCN3CC3CCCCC3)nn2c(C)c1CCC(=O)NC1CC1. The van der Waals surface area contributed by atoms with Crippen LogP contribution in [0.15, 0.2) is 6.07 Å². The normalized spacial score (nSPS) is 23.0. The van der Waals surface area contributed by atoms with Crippen molar-refractivity contribution in [3.63, 3.8) is 0 Å². The third kappa shape index (κ3) is 4.64. The molecular formula is C25H37N5O. The Hall–Kier alpha value is -1.95. The number of carbonyl (C=O) groups excluding carboxylic acids is 1. The molecule has 6 nitrogen and oxygen atoms in total. The van der Waals surface area contributed by atoms with Gasteiger partial charge >= 0.3 is 0 Å². The van der Waals surface area contributed by atoms with Crippen LogP contribution in [-0.4, -0.2) is 44.5 Å². The van der Waals surface area contributed by atoms with Gasteiger partial charge in [-0.2, -0.15) is 5.10 Å². The first kappa shape index (κ1) is 20.9. The first-order valence-electron chi connectivity index (χ1n) is 12.5. The molecule has 1 N–H and O–H groups in total. The molecule has 6 heteroatoms. The molecule has 1 amide bonds. The Morgan fingerprint density at radius 2 is 1.90 bits per heavy atom. The van der Waals surface area contributed by atoms with Crippen molar-refractivity contribution in [1.82, 2.24) is 24.8 Å². The van der Waals surface area contributed by atoms with E-state index in [1.54, 1.807) is 0 Å². The van der Waals surface area contributed by atoms with E-state index in [9.17, 15) is 4.79 Å². The first-order chi connectivity index (χ1) is 15.1. The maximum atomic E-state index is 12.2. The highest BCUT2D eigenvalue weighted by Gasteiger charge is 2.31. The molecule has 0 spiro atoms. The molecule has 0 radical (unpaired) electrons. The van der Waals surface area contributed by atoms with E-state index in [0.29, 0.717) is 18.5 Å². The largest absolute Gasteiger partial charge is 0.353 e. The Labute approximate surface area is 185 Å². The van der Waals surface area contributed by atoms with Crippen molar-refractivity contribution in [2.24, 2.45) is 5.92 Å². The van der Waals surface area contributed by atoms with E-state index in [1.807, 2.05) is 4.52 Å². The van der Waals surface area contributed by atoms with Gasteiger partial charge in [0.1, 0.15) is 0 Å². The standard InChI is InChI=1S/C25H37N5O/c1-17-21(12-13-25(31)27-20-10-11-20)18(2)30-24(26-17)15-22(28-30)23-9-6-14-29(23)16-19-7-4-3-5-8-19/h15,19-20,23H,3-14,16H2,1-2H3,(H,27,31)/t23-/m0/s1. The summed E-state index contributed by atoms with van der Waals surface area (Å²) in [7, 11) is 0. The summed E-state index contributed by atoms with van der Waals surface area (Å²) in [5, 5.41) is 8.13. The number of aromatic nitrogens is 3. The third-order valence-corrected chi connectivity index (χ3v) is 7.65. The average molecular weight is 424 g/mol. The van der Waals surface area contributed by atoms with Crippen LogP contribution < -0.4 is 5.32 Å². The van der Waals surface area contributed by atoms with E-state index in [-0.39, 0.29) is 5.91 Å². The summed E-state index contributed by atoms with van der Waals surface area (Å²) < 4.78 is 2.02. The Bertz CT molecular complexity index is 941. The number of rotatable bonds is 7. The summed E-state index contributed by atoms with van der Waals surface area (Å²) in [6.07, 6.45) is 13.0. The highest BCUT2D eigenvalue weighted by molar-refractivity contribution is 5.76. The molecular weight excluding hydrogens is 386 g/mol. The topological polar surface area (TPSA) is 62.5 Å². The zero-order valence-corrected chi connectivity index (χ0v) is 19.2. The molecule has 2 aromatic heterocycles. The van der Waals surface area contributed by atoms with Crippen molar-refractivity contribution in [2.45, 2.75) is 96.6 Å². The lowest BCUT2D eigenvalue weighted by atomic mass is 9.89. The van der Waals surface area contributed by atoms with Crippen molar-refractivity contribution in [1.29, 1.82) is 0 Å². The predicted octanol–water partition coefficient (Wildman–Crippen LogP) is 4.27. The van der Waals surface area contributed by atoms with Gasteiger partial charge in [0.15, 0.2) is 5.65 Å². The molecule has 3 fully saturated rings. The van der Waals surface area contributed by atoms with Gasteiger partial charge in [0, 0.05) is 36.5 Å². The number of nitrogens with one attached hydrogen (secondary N) is 1. The van der Waals surface area contributed by atoms with Crippen LogP contribution in [-0.2, 0) is 11.2 Å². The van der Waals surface area contributed by atoms with Crippen molar-refractivity contribution in [3.8, 4) is 0 Å². The number of hydrogen-bond donors (Lipinski definition) is 1. The quantitative estimate of drug-likeness (QED) is 0.722. The molecule has 0 aromatic carbocycles. The molecule has 1 aliphatic heterocycles. The van der Waals surface area contributed by atoms with Gasteiger partial charge in [-0.3, -0.25) is 9.69 Å². The number of likely N-dealkylation sites (tertiary alicyclic amines) is 1.